The number of pyridine rings is 1. The highest BCUT2D eigenvalue weighted by Crippen LogP contribution is 2.26. The number of ether oxygens (including phenoxy) is 1. The van der Waals surface area contributed by atoms with Crippen molar-refractivity contribution >= 4 is 22.8 Å². The van der Waals surface area contributed by atoms with Crippen LogP contribution in [-0.2, 0) is 16.0 Å². The largest absolute Gasteiger partial charge is 0.444 e. The van der Waals surface area contributed by atoms with Gasteiger partial charge < -0.3 is 10.1 Å². The molecule has 6 heteroatoms. The Morgan fingerprint density at radius 2 is 1.76 bits per heavy atom. The molecule has 1 saturated carbocycles. The number of halogens is 1. The summed E-state index contributed by atoms with van der Waals surface area (Å²) >= 11 is 0. The quantitative estimate of drug-likeness (QED) is 0.443. The monoisotopic (exact) mass is 462 g/mol. The maximum absolute atomic E-state index is 13.6. The summed E-state index contributed by atoms with van der Waals surface area (Å²) in [7, 11) is 0. The Morgan fingerprint density at radius 3 is 2.47 bits per heavy atom. The van der Waals surface area contributed by atoms with Crippen molar-refractivity contribution in [3.05, 3.63) is 77.2 Å². The maximum atomic E-state index is 13.6. The fourth-order valence-electron chi connectivity index (χ4n) is 4.53. The summed E-state index contributed by atoms with van der Waals surface area (Å²) in [5.41, 5.74) is 2.31. The fourth-order valence-corrected chi connectivity index (χ4v) is 4.53. The summed E-state index contributed by atoms with van der Waals surface area (Å²) in [5.74, 6) is -1.03. The van der Waals surface area contributed by atoms with E-state index in [4.69, 9.17) is 4.74 Å². The van der Waals surface area contributed by atoms with Gasteiger partial charge >= 0.3 is 5.97 Å². The van der Waals surface area contributed by atoms with Gasteiger partial charge in [0.1, 0.15) is 5.82 Å². The maximum Gasteiger partial charge on any atom is 0.340 e. The highest BCUT2D eigenvalue weighted by Gasteiger charge is 2.29. The predicted octanol–water partition coefficient (Wildman–Crippen LogP) is 5.92. The van der Waals surface area contributed by atoms with Crippen LogP contribution in [0.1, 0.15) is 73.7 Å². The lowest BCUT2D eigenvalue weighted by Gasteiger charge is -2.26. The minimum Gasteiger partial charge on any atom is -0.444 e. The minimum absolute atomic E-state index is 0.0577. The zero-order valence-corrected chi connectivity index (χ0v) is 19.7. The zero-order valence-electron chi connectivity index (χ0n) is 19.7. The number of nitrogens with zero attached hydrogens (tertiary/aromatic N) is 1. The standard InChI is InChI=1S/C28H31FN2O3/c1-18(2)16-22-17-24(23-10-6-7-11-25(23)30-22)28(33)34-26(19-12-14-20(29)15-13-19)27(32)31-21-8-4-3-5-9-21/h6-7,10-15,17-18,21,26H,3-5,8-9,16H2,1-2H3,(H,31,32)/t26-/m1/s1. The molecule has 1 aliphatic rings. The van der Waals surface area contributed by atoms with E-state index in [9.17, 15) is 14.0 Å². The molecule has 1 fully saturated rings. The van der Waals surface area contributed by atoms with Crippen molar-refractivity contribution in [2.75, 3.05) is 0 Å². The summed E-state index contributed by atoms with van der Waals surface area (Å²) in [6, 6.07) is 14.7. The average molecular weight is 463 g/mol. The second kappa shape index (κ2) is 10.8. The Morgan fingerprint density at radius 1 is 1.06 bits per heavy atom. The van der Waals surface area contributed by atoms with Crippen molar-refractivity contribution in [2.24, 2.45) is 5.92 Å². The van der Waals surface area contributed by atoms with Crippen molar-refractivity contribution in [2.45, 2.75) is 64.5 Å². The van der Waals surface area contributed by atoms with Crippen molar-refractivity contribution in [3.63, 3.8) is 0 Å². The first-order valence-corrected chi connectivity index (χ1v) is 12.1. The number of esters is 1. The minimum atomic E-state index is -1.17. The number of benzene rings is 2. The van der Waals surface area contributed by atoms with Crippen LogP contribution in [-0.4, -0.2) is 22.9 Å². The Hall–Kier alpha value is -3.28. The van der Waals surface area contributed by atoms with E-state index >= 15 is 0 Å². The Kier molecular flexibility index (Phi) is 7.56. The number of para-hydroxylation sites is 1. The number of hydrogen-bond acceptors (Lipinski definition) is 4. The molecule has 5 nitrogen and oxygen atoms in total. The predicted molar refractivity (Wildman–Crippen MR) is 130 cm³/mol. The Bertz CT molecular complexity index is 1150. The number of fused-ring (bicyclic) bond motifs is 1. The summed E-state index contributed by atoms with van der Waals surface area (Å²) in [6.45, 7) is 4.18. The van der Waals surface area contributed by atoms with E-state index in [0.717, 1.165) is 37.8 Å². The molecule has 2 aromatic carbocycles. The van der Waals surface area contributed by atoms with E-state index in [0.29, 0.717) is 34.4 Å². The molecule has 4 rings (SSSR count). The molecule has 0 saturated heterocycles. The molecule has 0 spiro atoms. The number of carbonyl (C=O) groups excluding carboxylic acids is 2. The van der Waals surface area contributed by atoms with Gasteiger partial charge in [0.05, 0.1) is 11.1 Å². The number of rotatable bonds is 7. The van der Waals surface area contributed by atoms with Crippen molar-refractivity contribution in [1.29, 1.82) is 0 Å². The lowest BCUT2D eigenvalue weighted by Crippen LogP contribution is -2.40. The second-order valence-corrected chi connectivity index (χ2v) is 9.46. The van der Waals surface area contributed by atoms with Crippen LogP contribution in [0.2, 0.25) is 0 Å². The molecule has 1 amide bonds. The van der Waals surface area contributed by atoms with E-state index in [1.165, 1.54) is 24.3 Å². The van der Waals surface area contributed by atoms with Gasteiger partial charge in [-0.15, -0.1) is 0 Å². The normalized spacial score (nSPS) is 15.3. The molecule has 0 bridgehead atoms. The third-order valence-electron chi connectivity index (χ3n) is 6.19. The van der Waals surface area contributed by atoms with Crippen LogP contribution < -0.4 is 5.32 Å². The van der Waals surface area contributed by atoms with Gasteiger partial charge in [0, 0.05) is 22.7 Å². The molecule has 1 aromatic heterocycles. The topological polar surface area (TPSA) is 68.3 Å². The van der Waals surface area contributed by atoms with Gasteiger partial charge in [-0.3, -0.25) is 9.78 Å². The van der Waals surface area contributed by atoms with E-state index in [1.54, 1.807) is 6.07 Å². The molecule has 1 N–H and O–H groups in total. The third-order valence-corrected chi connectivity index (χ3v) is 6.19. The van der Waals surface area contributed by atoms with E-state index in [2.05, 4.69) is 24.1 Å². The van der Waals surface area contributed by atoms with Gasteiger partial charge in [-0.2, -0.15) is 0 Å². The van der Waals surface area contributed by atoms with Gasteiger partial charge in [-0.1, -0.05) is 63.4 Å². The summed E-state index contributed by atoms with van der Waals surface area (Å²) in [4.78, 5) is 31.4. The smallest absolute Gasteiger partial charge is 0.340 e. The molecule has 3 aromatic rings. The molecule has 1 heterocycles. The van der Waals surface area contributed by atoms with Crippen LogP contribution in [0, 0.1) is 11.7 Å². The summed E-state index contributed by atoms with van der Waals surface area (Å²) in [6.07, 6.45) is 4.65. The van der Waals surface area contributed by atoms with Crippen LogP contribution in [0.3, 0.4) is 0 Å². The van der Waals surface area contributed by atoms with Crippen LogP contribution in [0.25, 0.3) is 10.9 Å². The molecule has 178 valence electrons. The summed E-state index contributed by atoms with van der Waals surface area (Å²) in [5, 5.41) is 3.71. The SMILES string of the molecule is CC(C)Cc1cc(C(=O)O[C@@H](C(=O)NC2CCCCC2)c2ccc(F)cc2)c2ccccc2n1. The Labute approximate surface area is 199 Å². The lowest BCUT2D eigenvalue weighted by atomic mass is 9.95. The number of carbonyl (C=O) groups is 2. The first-order chi connectivity index (χ1) is 16.4. The van der Waals surface area contributed by atoms with E-state index < -0.39 is 17.9 Å². The molecule has 0 radical (unpaired) electrons. The molecule has 0 unspecified atom stereocenters. The van der Waals surface area contributed by atoms with E-state index in [-0.39, 0.29) is 11.9 Å². The summed E-state index contributed by atoms with van der Waals surface area (Å²) < 4.78 is 19.4. The van der Waals surface area contributed by atoms with Crippen molar-refractivity contribution < 1.29 is 18.7 Å². The fraction of sp³-hybridized carbons (Fsp3) is 0.393. The van der Waals surface area contributed by atoms with Crippen LogP contribution in [0.15, 0.2) is 54.6 Å². The molecular weight excluding hydrogens is 431 g/mol. The lowest BCUT2D eigenvalue weighted by molar-refractivity contribution is -0.131. The van der Waals surface area contributed by atoms with Crippen LogP contribution >= 0.6 is 0 Å². The van der Waals surface area contributed by atoms with Crippen LogP contribution in [0.5, 0.6) is 0 Å². The van der Waals surface area contributed by atoms with Gasteiger partial charge in [-0.25, -0.2) is 9.18 Å². The molecule has 1 aliphatic carbocycles. The first-order valence-electron chi connectivity index (χ1n) is 12.1. The van der Waals surface area contributed by atoms with Crippen molar-refractivity contribution in [1.82, 2.24) is 10.3 Å². The number of hydrogen-bond donors (Lipinski definition) is 1. The highest BCUT2D eigenvalue weighted by atomic mass is 19.1. The van der Waals surface area contributed by atoms with Gasteiger partial charge in [0.2, 0.25) is 6.10 Å². The number of aromatic nitrogens is 1. The molecule has 0 aliphatic heterocycles. The average Bonchev–Trinajstić information content (AvgIpc) is 2.82. The number of nitrogens with one attached hydrogen (secondary N) is 1. The first kappa shape index (κ1) is 23.9. The van der Waals surface area contributed by atoms with Gasteiger partial charge in [0.25, 0.3) is 5.91 Å². The number of amides is 1. The third kappa shape index (κ3) is 5.79. The van der Waals surface area contributed by atoms with Crippen LogP contribution in [0.4, 0.5) is 4.39 Å². The van der Waals surface area contributed by atoms with Crippen molar-refractivity contribution in [3.8, 4) is 0 Å². The molecule has 34 heavy (non-hydrogen) atoms. The van der Waals surface area contributed by atoms with E-state index in [1.807, 2.05) is 24.3 Å². The second-order valence-electron chi connectivity index (χ2n) is 9.46. The highest BCUT2D eigenvalue weighted by molar-refractivity contribution is 6.04. The zero-order chi connectivity index (χ0) is 24.1. The van der Waals surface area contributed by atoms with Gasteiger partial charge in [-0.05, 0) is 49.4 Å². The van der Waals surface area contributed by atoms with Gasteiger partial charge in [0.15, 0.2) is 0 Å². The molecule has 1 atom stereocenters. The Balaban J connectivity index is 1.65. The molecular formula is C28H31FN2O3.